The molecular weight excluding hydrogens is 271 g/mol. The third kappa shape index (κ3) is 5.67. The van der Waals surface area contributed by atoms with E-state index in [0.717, 1.165) is 0 Å². The third-order valence-corrected chi connectivity index (χ3v) is 7.10. The Morgan fingerprint density at radius 2 is 1.37 bits per heavy atom. The second-order valence-electron chi connectivity index (χ2n) is 6.87. The Labute approximate surface area is 126 Å². The van der Waals surface area contributed by atoms with Gasteiger partial charge in [0.25, 0.3) is 0 Å². The van der Waals surface area contributed by atoms with Crippen LogP contribution in [0.1, 0.15) is 52.7 Å². The van der Waals surface area contributed by atoms with E-state index in [2.05, 4.69) is 72.4 Å². The molecule has 19 heavy (non-hydrogen) atoms. The van der Waals surface area contributed by atoms with Crippen LogP contribution in [0, 0.1) is 0 Å². The zero-order chi connectivity index (χ0) is 14.0. The Hall–Kier alpha value is -0.320. The van der Waals surface area contributed by atoms with Gasteiger partial charge >= 0.3 is 0 Å². The molecule has 0 bridgehead atoms. The molecule has 0 aromatic heterocycles. The van der Waals surface area contributed by atoms with E-state index in [1.807, 2.05) is 6.08 Å². The van der Waals surface area contributed by atoms with Crippen molar-refractivity contribution in [3.63, 3.8) is 0 Å². The maximum atomic E-state index is 3.80. The molecule has 0 aliphatic heterocycles. The predicted octanol–water partition coefficient (Wildman–Crippen LogP) is 6.33. The highest BCUT2D eigenvalue weighted by Crippen LogP contribution is 2.61. The van der Waals surface area contributed by atoms with Crippen LogP contribution in [0.3, 0.4) is 0 Å². The molecule has 1 aromatic carbocycles. The first kappa shape index (κ1) is 18.7. The highest BCUT2D eigenvalue weighted by Gasteiger charge is 2.33. The fourth-order valence-corrected chi connectivity index (χ4v) is 5.96. The fourth-order valence-electron chi connectivity index (χ4n) is 2.42. The Kier molecular flexibility index (Phi) is 6.79. The summed E-state index contributed by atoms with van der Waals surface area (Å²) in [6.07, 6.45) is 3.11. The van der Waals surface area contributed by atoms with Crippen LogP contribution in [0.4, 0.5) is 0 Å². The van der Waals surface area contributed by atoms with E-state index in [-0.39, 0.29) is 20.3 Å². The lowest BCUT2D eigenvalue weighted by atomic mass is 10.1. The average molecular weight is 299 g/mol. The van der Waals surface area contributed by atoms with E-state index >= 15 is 0 Å². The van der Waals surface area contributed by atoms with E-state index in [0.29, 0.717) is 10.3 Å². The fraction of sp³-hybridized carbons (Fsp3) is 0.529. The topological polar surface area (TPSA) is 0 Å². The first-order valence-electron chi connectivity index (χ1n) is 6.64. The van der Waals surface area contributed by atoms with Crippen LogP contribution < -0.4 is 0 Å². The van der Waals surface area contributed by atoms with Gasteiger partial charge in [-0.3, -0.25) is 0 Å². The molecule has 108 valence electrons. The van der Waals surface area contributed by atoms with Gasteiger partial charge in [0.1, 0.15) is 0 Å². The van der Waals surface area contributed by atoms with Gasteiger partial charge in [0.15, 0.2) is 0 Å². The maximum absolute atomic E-state index is 3.80. The lowest BCUT2D eigenvalue weighted by Crippen LogP contribution is -2.25. The molecule has 1 rings (SSSR count). The normalized spacial score (nSPS) is 12.2. The van der Waals surface area contributed by atoms with Crippen LogP contribution in [-0.4, -0.2) is 10.3 Å². The van der Waals surface area contributed by atoms with Crippen molar-refractivity contribution in [2.45, 2.75) is 58.0 Å². The number of rotatable bonds is 3. The minimum atomic E-state index is -0.0588. The lowest BCUT2D eigenvalue weighted by Gasteiger charge is -2.41. The van der Waals surface area contributed by atoms with Crippen molar-refractivity contribution in [2.75, 3.05) is 0 Å². The second-order valence-corrected chi connectivity index (χ2v) is 10.7. The zero-order valence-electron chi connectivity index (χ0n) is 13.2. The van der Waals surface area contributed by atoms with Crippen LogP contribution in [-0.2, 0) is 6.16 Å². The molecule has 0 atom stereocenters. The van der Waals surface area contributed by atoms with Crippen LogP contribution in [0.15, 0.2) is 30.8 Å². The SMILES string of the molecule is C=Cc1ccc(CP(C(C)(C)C)C(C)(C)C)cc1.Cl. The van der Waals surface area contributed by atoms with Crippen molar-refractivity contribution in [3.05, 3.63) is 42.0 Å². The summed E-state index contributed by atoms with van der Waals surface area (Å²) >= 11 is 0. The number of hydrogen-bond acceptors (Lipinski definition) is 0. The molecular formula is C17H28ClP. The summed E-state index contributed by atoms with van der Waals surface area (Å²) in [5.41, 5.74) is 2.66. The first-order chi connectivity index (χ1) is 8.14. The van der Waals surface area contributed by atoms with Gasteiger partial charge in [-0.05, 0) is 27.6 Å². The van der Waals surface area contributed by atoms with Gasteiger partial charge in [-0.25, -0.2) is 0 Å². The molecule has 0 unspecified atom stereocenters. The molecule has 0 radical (unpaired) electrons. The van der Waals surface area contributed by atoms with Crippen molar-refractivity contribution in [1.82, 2.24) is 0 Å². The van der Waals surface area contributed by atoms with Gasteiger partial charge in [-0.1, -0.05) is 86.4 Å². The summed E-state index contributed by atoms with van der Waals surface area (Å²) in [5, 5.41) is 0.787. The molecule has 0 saturated heterocycles. The number of halogens is 1. The highest BCUT2D eigenvalue weighted by atomic mass is 35.5. The molecule has 0 N–H and O–H groups in total. The Morgan fingerprint density at radius 1 is 0.947 bits per heavy atom. The first-order valence-corrected chi connectivity index (χ1v) is 8.16. The second kappa shape index (κ2) is 6.91. The van der Waals surface area contributed by atoms with Gasteiger partial charge < -0.3 is 0 Å². The summed E-state index contributed by atoms with van der Waals surface area (Å²) in [5.74, 6) is 0. The summed E-state index contributed by atoms with van der Waals surface area (Å²) < 4.78 is 0. The van der Waals surface area contributed by atoms with Crippen molar-refractivity contribution in [2.24, 2.45) is 0 Å². The highest BCUT2D eigenvalue weighted by molar-refractivity contribution is 7.60. The van der Waals surface area contributed by atoms with E-state index in [4.69, 9.17) is 0 Å². The van der Waals surface area contributed by atoms with Gasteiger partial charge in [-0.2, -0.15) is 0 Å². The molecule has 0 amide bonds. The number of hydrogen-bond donors (Lipinski definition) is 0. The molecule has 0 nitrogen and oxygen atoms in total. The van der Waals surface area contributed by atoms with Crippen LogP contribution in [0.2, 0.25) is 0 Å². The molecule has 0 saturated carbocycles. The Morgan fingerprint density at radius 3 is 1.68 bits per heavy atom. The third-order valence-electron chi connectivity index (χ3n) is 3.18. The molecule has 0 aliphatic carbocycles. The van der Waals surface area contributed by atoms with Crippen LogP contribution >= 0.6 is 20.3 Å². The number of benzene rings is 1. The molecule has 0 heterocycles. The van der Waals surface area contributed by atoms with Crippen molar-refractivity contribution in [1.29, 1.82) is 0 Å². The molecule has 1 aromatic rings. The van der Waals surface area contributed by atoms with E-state index in [9.17, 15) is 0 Å². The van der Waals surface area contributed by atoms with Crippen molar-refractivity contribution < 1.29 is 0 Å². The molecule has 0 aliphatic rings. The van der Waals surface area contributed by atoms with Gasteiger partial charge in [0, 0.05) is 0 Å². The summed E-state index contributed by atoms with van der Waals surface area (Å²) in [7, 11) is -0.0588. The standard InChI is InChI=1S/C17H27P.ClH/c1-8-14-9-11-15(12-10-14)13-18(16(2,3)4)17(5,6)7;/h8-12H,1,13H2,2-7H3;1H. The molecule has 0 spiro atoms. The summed E-state index contributed by atoms with van der Waals surface area (Å²) in [4.78, 5) is 0. The summed E-state index contributed by atoms with van der Waals surface area (Å²) in [6.45, 7) is 18.1. The monoisotopic (exact) mass is 298 g/mol. The van der Waals surface area contributed by atoms with Gasteiger partial charge in [-0.15, -0.1) is 12.4 Å². The van der Waals surface area contributed by atoms with E-state index in [1.165, 1.54) is 17.3 Å². The minimum Gasteiger partial charge on any atom is -0.147 e. The lowest BCUT2D eigenvalue weighted by molar-refractivity contribution is 0.702. The molecule has 2 heteroatoms. The van der Waals surface area contributed by atoms with Gasteiger partial charge in [0.05, 0.1) is 0 Å². The predicted molar refractivity (Wildman–Crippen MR) is 93.9 cm³/mol. The largest absolute Gasteiger partial charge is 0.147 e. The van der Waals surface area contributed by atoms with Crippen molar-refractivity contribution >= 4 is 26.4 Å². The van der Waals surface area contributed by atoms with E-state index in [1.54, 1.807) is 0 Å². The molecule has 0 fully saturated rings. The van der Waals surface area contributed by atoms with Crippen LogP contribution in [0.5, 0.6) is 0 Å². The average Bonchev–Trinajstić information content (AvgIpc) is 2.23. The van der Waals surface area contributed by atoms with Crippen molar-refractivity contribution in [3.8, 4) is 0 Å². The zero-order valence-corrected chi connectivity index (χ0v) is 14.9. The van der Waals surface area contributed by atoms with Gasteiger partial charge in [0.2, 0.25) is 0 Å². The maximum Gasteiger partial charge on any atom is -0.00637 e. The van der Waals surface area contributed by atoms with E-state index < -0.39 is 0 Å². The summed E-state index contributed by atoms with van der Waals surface area (Å²) in [6, 6.07) is 8.84. The Balaban J connectivity index is 0.00000324. The minimum absolute atomic E-state index is 0. The quantitative estimate of drug-likeness (QED) is 0.572. The Bertz CT molecular complexity index is 379. The smallest absolute Gasteiger partial charge is 0.00637 e. The van der Waals surface area contributed by atoms with Crippen LogP contribution in [0.25, 0.3) is 6.08 Å².